The third-order valence-electron chi connectivity index (χ3n) is 4.11. The molecule has 0 bridgehead atoms. The number of carbonyl (C=O) groups excluding carboxylic acids is 1. The molecule has 3 rings (SSSR count). The Kier molecular flexibility index (Phi) is 5.55. The van der Waals surface area contributed by atoms with E-state index in [4.69, 9.17) is 14.2 Å². The maximum Gasteiger partial charge on any atom is 0.228 e. The average Bonchev–Trinajstić information content (AvgIpc) is 3.09. The van der Waals surface area contributed by atoms with Crippen molar-refractivity contribution < 1.29 is 19.0 Å². The zero-order chi connectivity index (χ0) is 17.8. The summed E-state index contributed by atoms with van der Waals surface area (Å²) >= 11 is 1.52. The Morgan fingerprint density at radius 1 is 1.36 bits per heavy atom. The molecule has 0 saturated carbocycles. The molecule has 2 heterocycles. The number of morpholine rings is 1. The van der Waals surface area contributed by atoms with Crippen molar-refractivity contribution >= 4 is 17.2 Å². The van der Waals surface area contributed by atoms with E-state index in [1.165, 1.54) is 11.3 Å². The van der Waals surface area contributed by atoms with Crippen molar-refractivity contribution in [3.05, 3.63) is 29.3 Å². The summed E-state index contributed by atoms with van der Waals surface area (Å²) in [5, 5.41) is 2.80. The van der Waals surface area contributed by atoms with Gasteiger partial charge < -0.3 is 19.1 Å². The smallest absolute Gasteiger partial charge is 0.228 e. The molecule has 6 nitrogen and oxygen atoms in total. The maximum atomic E-state index is 12.4. The van der Waals surface area contributed by atoms with Gasteiger partial charge in [0.15, 0.2) is 11.5 Å². The molecule has 1 amide bonds. The van der Waals surface area contributed by atoms with Crippen molar-refractivity contribution in [2.45, 2.75) is 19.4 Å². The number of carbonyl (C=O) groups is 1. The molecule has 0 unspecified atom stereocenters. The summed E-state index contributed by atoms with van der Waals surface area (Å²) in [6.45, 7) is 3.87. The van der Waals surface area contributed by atoms with Crippen LogP contribution in [0.2, 0.25) is 0 Å². The summed E-state index contributed by atoms with van der Waals surface area (Å²) in [5.41, 5.74) is 1.74. The molecule has 1 fully saturated rings. The number of benzene rings is 1. The van der Waals surface area contributed by atoms with Gasteiger partial charge in [-0.25, -0.2) is 4.98 Å². The van der Waals surface area contributed by atoms with Crippen LogP contribution in [0, 0.1) is 0 Å². The third kappa shape index (κ3) is 4.11. The lowest BCUT2D eigenvalue weighted by atomic mass is 10.2. The van der Waals surface area contributed by atoms with Crippen molar-refractivity contribution in [2.24, 2.45) is 0 Å². The molecule has 0 radical (unpaired) electrons. The van der Waals surface area contributed by atoms with Crippen LogP contribution < -0.4 is 9.47 Å². The van der Waals surface area contributed by atoms with Crippen LogP contribution >= 0.6 is 11.3 Å². The quantitative estimate of drug-likeness (QED) is 0.818. The number of methoxy groups -OCH3 is 2. The lowest BCUT2D eigenvalue weighted by molar-refractivity contribution is -0.137. The second-order valence-electron chi connectivity index (χ2n) is 5.91. The van der Waals surface area contributed by atoms with Crippen LogP contribution in [0.25, 0.3) is 10.6 Å². The van der Waals surface area contributed by atoms with Gasteiger partial charge >= 0.3 is 0 Å². The number of hydrogen-bond acceptors (Lipinski definition) is 6. The van der Waals surface area contributed by atoms with Crippen LogP contribution in [-0.4, -0.2) is 55.8 Å². The molecule has 1 saturated heterocycles. The zero-order valence-electron chi connectivity index (χ0n) is 14.7. The highest BCUT2D eigenvalue weighted by atomic mass is 32.1. The molecule has 1 aromatic heterocycles. The molecular weight excluding hydrogens is 340 g/mol. The largest absolute Gasteiger partial charge is 0.493 e. The molecule has 2 aromatic rings. The Balaban J connectivity index is 1.71. The number of amides is 1. The van der Waals surface area contributed by atoms with Gasteiger partial charge in [0.05, 0.1) is 39.0 Å². The van der Waals surface area contributed by atoms with E-state index < -0.39 is 0 Å². The first-order valence-corrected chi connectivity index (χ1v) is 9.05. The van der Waals surface area contributed by atoms with Gasteiger partial charge in [0.2, 0.25) is 5.91 Å². The number of aromatic nitrogens is 1. The number of rotatable bonds is 5. The Labute approximate surface area is 151 Å². The lowest BCUT2D eigenvalue weighted by Gasteiger charge is -2.31. The summed E-state index contributed by atoms with van der Waals surface area (Å²) < 4.78 is 16.1. The number of thiazole rings is 1. The highest BCUT2D eigenvalue weighted by molar-refractivity contribution is 7.13. The van der Waals surface area contributed by atoms with Crippen LogP contribution in [0.5, 0.6) is 11.5 Å². The topological polar surface area (TPSA) is 60.9 Å². The van der Waals surface area contributed by atoms with E-state index in [1.807, 2.05) is 35.4 Å². The summed E-state index contributed by atoms with van der Waals surface area (Å²) in [7, 11) is 3.22. The maximum absolute atomic E-state index is 12.4. The van der Waals surface area contributed by atoms with Gasteiger partial charge in [0, 0.05) is 24.0 Å². The van der Waals surface area contributed by atoms with Crippen LogP contribution in [0.15, 0.2) is 23.6 Å². The van der Waals surface area contributed by atoms with E-state index in [9.17, 15) is 4.79 Å². The fourth-order valence-corrected chi connectivity index (χ4v) is 3.62. The highest BCUT2D eigenvalue weighted by Gasteiger charge is 2.22. The Morgan fingerprint density at radius 3 is 2.88 bits per heavy atom. The first-order chi connectivity index (χ1) is 12.1. The van der Waals surface area contributed by atoms with Crippen molar-refractivity contribution in [1.82, 2.24) is 9.88 Å². The summed E-state index contributed by atoms with van der Waals surface area (Å²) in [5.74, 6) is 1.44. The van der Waals surface area contributed by atoms with Crippen molar-refractivity contribution in [2.75, 3.05) is 33.9 Å². The van der Waals surface area contributed by atoms with Gasteiger partial charge in [0.25, 0.3) is 0 Å². The Bertz CT molecular complexity index is 746. The molecule has 1 atom stereocenters. The normalized spacial score (nSPS) is 17.4. The second-order valence-corrected chi connectivity index (χ2v) is 6.77. The van der Waals surface area contributed by atoms with Gasteiger partial charge in [-0.1, -0.05) is 0 Å². The number of hydrogen-bond donors (Lipinski definition) is 0. The van der Waals surface area contributed by atoms with Crippen molar-refractivity contribution in [3.63, 3.8) is 0 Å². The van der Waals surface area contributed by atoms with Gasteiger partial charge in [0.1, 0.15) is 5.01 Å². The SMILES string of the molecule is COc1ccc(-c2nc(CC(=O)N3CCO[C@H](C)C3)cs2)cc1OC. The van der Waals surface area contributed by atoms with Crippen LogP contribution in [0.1, 0.15) is 12.6 Å². The minimum Gasteiger partial charge on any atom is -0.493 e. The zero-order valence-corrected chi connectivity index (χ0v) is 15.5. The molecule has 0 N–H and O–H groups in total. The molecule has 1 aliphatic rings. The molecule has 7 heteroatoms. The molecular formula is C18H22N2O4S. The summed E-state index contributed by atoms with van der Waals surface area (Å²) in [6, 6.07) is 5.69. The molecule has 134 valence electrons. The minimum atomic E-state index is 0.0930. The summed E-state index contributed by atoms with van der Waals surface area (Å²) in [6.07, 6.45) is 0.409. The number of nitrogens with zero attached hydrogens (tertiary/aromatic N) is 2. The van der Waals surface area contributed by atoms with E-state index in [2.05, 4.69) is 4.98 Å². The second kappa shape index (κ2) is 7.84. The standard InChI is InChI=1S/C18H22N2O4S/c1-12-10-20(6-7-24-12)17(21)9-14-11-25-18(19-14)13-4-5-15(22-2)16(8-13)23-3/h4-5,8,11-12H,6-7,9-10H2,1-3H3/t12-/m1/s1. The predicted molar refractivity (Wildman–Crippen MR) is 96.4 cm³/mol. The van der Waals surface area contributed by atoms with E-state index in [0.29, 0.717) is 37.6 Å². The van der Waals surface area contributed by atoms with Crippen LogP contribution in [0.4, 0.5) is 0 Å². The molecule has 1 aliphatic heterocycles. The van der Waals surface area contributed by atoms with Crippen LogP contribution in [0.3, 0.4) is 0 Å². The van der Waals surface area contributed by atoms with Gasteiger partial charge in [-0.2, -0.15) is 0 Å². The fraction of sp³-hybridized carbons (Fsp3) is 0.444. The molecule has 0 aliphatic carbocycles. The van der Waals surface area contributed by atoms with Gasteiger partial charge in [-0.3, -0.25) is 4.79 Å². The summed E-state index contributed by atoms with van der Waals surface area (Å²) in [4.78, 5) is 18.9. The fourth-order valence-electron chi connectivity index (χ4n) is 2.80. The first-order valence-electron chi connectivity index (χ1n) is 8.17. The Hall–Kier alpha value is -2.12. The van der Waals surface area contributed by atoms with Crippen molar-refractivity contribution in [3.8, 4) is 22.1 Å². The first kappa shape index (κ1) is 17.7. The van der Waals surface area contributed by atoms with E-state index in [1.54, 1.807) is 14.2 Å². The van der Waals surface area contributed by atoms with E-state index in [0.717, 1.165) is 16.3 Å². The predicted octanol–water partition coefficient (Wildman–Crippen LogP) is 2.62. The Morgan fingerprint density at radius 2 is 2.16 bits per heavy atom. The van der Waals surface area contributed by atoms with E-state index >= 15 is 0 Å². The molecule has 0 spiro atoms. The van der Waals surface area contributed by atoms with E-state index in [-0.39, 0.29) is 12.0 Å². The number of ether oxygens (including phenoxy) is 3. The molecule has 1 aromatic carbocycles. The highest BCUT2D eigenvalue weighted by Crippen LogP contribution is 2.33. The lowest BCUT2D eigenvalue weighted by Crippen LogP contribution is -2.45. The van der Waals surface area contributed by atoms with Crippen LogP contribution in [-0.2, 0) is 16.0 Å². The van der Waals surface area contributed by atoms with Gasteiger partial charge in [-0.15, -0.1) is 11.3 Å². The average molecular weight is 362 g/mol. The molecule has 25 heavy (non-hydrogen) atoms. The third-order valence-corrected chi connectivity index (χ3v) is 5.05. The minimum absolute atomic E-state index is 0.0930. The van der Waals surface area contributed by atoms with Crippen molar-refractivity contribution in [1.29, 1.82) is 0 Å². The van der Waals surface area contributed by atoms with Gasteiger partial charge in [-0.05, 0) is 25.1 Å². The monoisotopic (exact) mass is 362 g/mol.